The van der Waals surface area contributed by atoms with Crippen molar-refractivity contribution in [3.05, 3.63) is 35.9 Å². The Morgan fingerprint density at radius 1 is 1.17 bits per heavy atom. The van der Waals surface area contributed by atoms with Crippen LogP contribution in [0, 0.1) is 0 Å². The van der Waals surface area contributed by atoms with Gasteiger partial charge in [0.1, 0.15) is 5.75 Å². The van der Waals surface area contributed by atoms with Gasteiger partial charge < -0.3 is 10.4 Å². The summed E-state index contributed by atoms with van der Waals surface area (Å²) in [5, 5.41) is 15.7. The topological polar surface area (TPSA) is 32.3 Å². The van der Waals surface area contributed by atoms with E-state index >= 15 is 0 Å². The van der Waals surface area contributed by atoms with Crippen LogP contribution in [-0.4, -0.2) is 10.6 Å². The van der Waals surface area contributed by atoms with Crippen LogP contribution in [0.1, 0.15) is 38.7 Å². The first-order chi connectivity index (χ1) is 8.48. The Bertz CT molecular complexity index is 616. The van der Waals surface area contributed by atoms with Crippen molar-refractivity contribution in [1.82, 2.24) is 0 Å². The van der Waals surface area contributed by atoms with Gasteiger partial charge in [0.05, 0.1) is 0 Å². The molecule has 0 bridgehead atoms. The quantitative estimate of drug-likeness (QED) is 0.723. The van der Waals surface area contributed by atoms with Gasteiger partial charge in [-0.1, -0.05) is 19.1 Å². The largest absolute Gasteiger partial charge is 0.507 e. The minimum absolute atomic E-state index is 0.136. The molecule has 1 aliphatic heterocycles. The van der Waals surface area contributed by atoms with E-state index in [-0.39, 0.29) is 5.54 Å². The van der Waals surface area contributed by atoms with Crippen LogP contribution < -0.4 is 5.32 Å². The summed E-state index contributed by atoms with van der Waals surface area (Å²) < 4.78 is 0. The highest BCUT2D eigenvalue weighted by Gasteiger charge is 2.30. The summed E-state index contributed by atoms with van der Waals surface area (Å²) in [7, 11) is 0. The van der Waals surface area contributed by atoms with Crippen molar-refractivity contribution in [2.24, 2.45) is 0 Å². The monoisotopic (exact) mass is 241 g/mol. The van der Waals surface area contributed by atoms with Crippen LogP contribution >= 0.6 is 0 Å². The molecule has 2 aromatic carbocycles. The first-order valence-electron chi connectivity index (χ1n) is 6.51. The van der Waals surface area contributed by atoms with E-state index in [1.807, 2.05) is 12.1 Å². The molecular formula is C16H19NO. The molecule has 2 nitrogen and oxygen atoms in total. The zero-order valence-corrected chi connectivity index (χ0v) is 11.1. The molecule has 1 aliphatic rings. The SMILES string of the molecule is CC1CC(C)(C)Nc2ccc3c(O)cccc3c21. The fourth-order valence-electron chi connectivity index (χ4n) is 3.29. The molecule has 3 rings (SSSR count). The summed E-state index contributed by atoms with van der Waals surface area (Å²) in [6.07, 6.45) is 1.11. The van der Waals surface area contributed by atoms with Crippen molar-refractivity contribution in [2.45, 2.75) is 38.6 Å². The van der Waals surface area contributed by atoms with Gasteiger partial charge in [0.25, 0.3) is 0 Å². The first kappa shape index (κ1) is 11.4. The third-order valence-electron chi connectivity index (χ3n) is 3.86. The highest BCUT2D eigenvalue weighted by molar-refractivity contribution is 5.95. The van der Waals surface area contributed by atoms with Crippen LogP contribution in [0.2, 0.25) is 0 Å². The number of hydrogen-bond acceptors (Lipinski definition) is 2. The van der Waals surface area contributed by atoms with E-state index in [4.69, 9.17) is 0 Å². The smallest absolute Gasteiger partial charge is 0.123 e. The lowest BCUT2D eigenvalue weighted by Gasteiger charge is -2.38. The van der Waals surface area contributed by atoms with Crippen LogP contribution in [0.5, 0.6) is 5.75 Å². The fourth-order valence-corrected chi connectivity index (χ4v) is 3.29. The zero-order chi connectivity index (χ0) is 12.9. The molecule has 0 amide bonds. The van der Waals surface area contributed by atoms with Crippen LogP contribution in [0.25, 0.3) is 10.8 Å². The minimum Gasteiger partial charge on any atom is -0.507 e. The summed E-state index contributed by atoms with van der Waals surface area (Å²) in [5.74, 6) is 0.870. The summed E-state index contributed by atoms with van der Waals surface area (Å²) >= 11 is 0. The third-order valence-corrected chi connectivity index (χ3v) is 3.86. The summed E-state index contributed by atoms with van der Waals surface area (Å²) in [6.45, 7) is 6.74. The number of phenols is 1. The van der Waals surface area contributed by atoms with E-state index in [1.54, 1.807) is 6.07 Å². The highest BCUT2D eigenvalue weighted by atomic mass is 16.3. The van der Waals surface area contributed by atoms with Crippen LogP contribution in [0.3, 0.4) is 0 Å². The number of phenolic OH excluding ortho intramolecular Hbond substituents is 1. The van der Waals surface area contributed by atoms with Gasteiger partial charge in [-0.15, -0.1) is 0 Å². The highest BCUT2D eigenvalue weighted by Crippen LogP contribution is 2.43. The van der Waals surface area contributed by atoms with Crippen molar-refractivity contribution >= 4 is 16.5 Å². The first-order valence-corrected chi connectivity index (χ1v) is 6.51. The zero-order valence-electron chi connectivity index (χ0n) is 11.1. The summed E-state index contributed by atoms with van der Waals surface area (Å²) in [6, 6.07) is 9.87. The van der Waals surface area contributed by atoms with Crippen molar-refractivity contribution in [1.29, 1.82) is 0 Å². The number of hydrogen-bond donors (Lipinski definition) is 2. The second kappa shape index (κ2) is 3.64. The van der Waals surface area contributed by atoms with E-state index in [1.165, 1.54) is 16.6 Å². The van der Waals surface area contributed by atoms with Crippen LogP contribution in [-0.2, 0) is 0 Å². The van der Waals surface area contributed by atoms with Crippen LogP contribution in [0.15, 0.2) is 30.3 Å². The van der Waals surface area contributed by atoms with Crippen molar-refractivity contribution in [3.8, 4) is 5.75 Å². The van der Waals surface area contributed by atoms with Crippen LogP contribution in [0.4, 0.5) is 5.69 Å². The standard InChI is InChI=1S/C16H19NO/c1-10-9-16(2,3)17-13-8-7-11-12(15(10)13)5-4-6-14(11)18/h4-8,10,17-18H,9H2,1-3H3. The van der Waals surface area contributed by atoms with Gasteiger partial charge >= 0.3 is 0 Å². The molecule has 1 unspecified atom stereocenters. The maximum Gasteiger partial charge on any atom is 0.123 e. The predicted octanol–water partition coefficient (Wildman–Crippen LogP) is 4.24. The van der Waals surface area contributed by atoms with Gasteiger partial charge in [-0.2, -0.15) is 0 Å². The average molecular weight is 241 g/mol. The number of anilines is 1. The van der Waals surface area contributed by atoms with Crippen molar-refractivity contribution in [3.63, 3.8) is 0 Å². The Kier molecular flexibility index (Phi) is 2.31. The normalized spacial score (nSPS) is 21.4. The number of benzene rings is 2. The van der Waals surface area contributed by atoms with Gasteiger partial charge in [-0.05, 0) is 55.3 Å². The molecule has 0 radical (unpaired) electrons. The van der Waals surface area contributed by atoms with Crippen molar-refractivity contribution < 1.29 is 5.11 Å². The van der Waals surface area contributed by atoms with E-state index in [2.05, 4.69) is 38.2 Å². The van der Waals surface area contributed by atoms with E-state index in [9.17, 15) is 5.11 Å². The van der Waals surface area contributed by atoms with Gasteiger partial charge in [0, 0.05) is 16.6 Å². The molecule has 2 heteroatoms. The molecule has 0 aromatic heterocycles. The van der Waals surface area contributed by atoms with E-state index in [0.717, 1.165) is 11.8 Å². The lowest BCUT2D eigenvalue weighted by molar-refractivity contribution is 0.456. The number of aromatic hydroxyl groups is 1. The molecule has 2 N–H and O–H groups in total. The molecule has 0 aliphatic carbocycles. The number of rotatable bonds is 0. The lowest BCUT2D eigenvalue weighted by Crippen LogP contribution is -2.36. The second-order valence-electron chi connectivity index (χ2n) is 6.01. The Morgan fingerprint density at radius 2 is 1.94 bits per heavy atom. The van der Waals surface area contributed by atoms with Gasteiger partial charge in [0.15, 0.2) is 0 Å². The van der Waals surface area contributed by atoms with Crippen molar-refractivity contribution in [2.75, 3.05) is 5.32 Å². The molecule has 0 saturated carbocycles. The second-order valence-corrected chi connectivity index (χ2v) is 6.01. The van der Waals surface area contributed by atoms with Gasteiger partial charge in [0.2, 0.25) is 0 Å². The number of nitrogens with one attached hydrogen (secondary N) is 1. The minimum atomic E-state index is 0.136. The summed E-state index contributed by atoms with van der Waals surface area (Å²) in [5.41, 5.74) is 2.68. The average Bonchev–Trinajstić information content (AvgIpc) is 2.26. The Labute approximate surface area is 108 Å². The molecule has 1 heterocycles. The maximum absolute atomic E-state index is 9.94. The van der Waals surface area contributed by atoms with E-state index < -0.39 is 0 Å². The molecule has 1 atom stereocenters. The Balaban J connectivity index is 2.30. The molecule has 0 fully saturated rings. The fraction of sp³-hybridized carbons (Fsp3) is 0.375. The molecule has 94 valence electrons. The number of fused-ring (bicyclic) bond motifs is 3. The third kappa shape index (κ3) is 1.64. The Morgan fingerprint density at radius 3 is 2.72 bits per heavy atom. The van der Waals surface area contributed by atoms with E-state index in [0.29, 0.717) is 11.7 Å². The Hall–Kier alpha value is -1.70. The lowest BCUT2D eigenvalue weighted by atomic mass is 9.80. The molecule has 0 saturated heterocycles. The van der Waals surface area contributed by atoms with Gasteiger partial charge in [-0.3, -0.25) is 0 Å². The predicted molar refractivity (Wildman–Crippen MR) is 76.3 cm³/mol. The molecule has 0 spiro atoms. The molecular weight excluding hydrogens is 222 g/mol. The summed E-state index contributed by atoms with van der Waals surface area (Å²) in [4.78, 5) is 0. The molecule has 18 heavy (non-hydrogen) atoms. The molecule has 2 aromatic rings. The maximum atomic E-state index is 9.94. The van der Waals surface area contributed by atoms with Gasteiger partial charge in [-0.25, -0.2) is 0 Å².